The Hall–Kier alpha value is -0.120. The van der Waals surface area contributed by atoms with E-state index < -0.39 is 0 Å². The molecular weight excluding hydrogens is 214 g/mol. The standard InChI is InChI=1S/C14H25NO2/c1-9-5-10(2)14(13(16)6-9)15-7-11-3-4-12(8-15)17-11/h9-14,16H,3-8H2,1-2H3. The van der Waals surface area contributed by atoms with Crippen molar-refractivity contribution in [1.29, 1.82) is 0 Å². The normalized spacial score (nSPS) is 51.7. The summed E-state index contributed by atoms with van der Waals surface area (Å²) in [6.07, 6.45) is 5.41. The van der Waals surface area contributed by atoms with Crippen LogP contribution in [0.2, 0.25) is 0 Å². The van der Waals surface area contributed by atoms with Gasteiger partial charge in [0.25, 0.3) is 0 Å². The summed E-state index contributed by atoms with van der Waals surface area (Å²) >= 11 is 0. The van der Waals surface area contributed by atoms with Crippen molar-refractivity contribution in [2.24, 2.45) is 11.8 Å². The minimum absolute atomic E-state index is 0.133. The van der Waals surface area contributed by atoms with Gasteiger partial charge in [-0.3, -0.25) is 4.90 Å². The van der Waals surface area contributed by atoms with Gasteiger partial charge in [-0.15, -0.1) is 0 Å². The maximum absolute atomic E-state index is 10.4. The summed E-state index contributed by atoms with van der Waals surface area (Å²) in [6.45, 7) is 6.65. The molecule has 3 heteroatoms. The molecule has 0 spiro atoms. The zero-order valence-corrected chi connectivity index (χ0v) is 11.0. The van der Waals surface area contributed by atoms with Crippen LogP contribution in [0.15, 0.2) is 0 Å². The molecule has 1 saturated carbocycles. The van der Waals surface area contributed by atoms with Crippen LogP contribution in [-0.4, -0.2) is 47.4 Å². The number of ether oxygens (including phenoxy) is 1. The van der Waals surface area contributed by atoms with Crippen molar-refractivity contribution < 1.29 is 9.84 Å². The Balaban J connectivity index is 1.70. The lowest BCUT2D eigenvalue weighted by Gasteiger charge is -2.46. The predicted molar refractivity (Wildman–Crippen MR) is 66.8 cm³/mol. The van der Waals surface area contributed by atoms with Gasteiger partial charge >= 0.3 is 0 Å². The number of rotatable bonds is 1. The van der Waals surface area contributed by atoms with E-state index in [1.165, 1.54) is 19.3 Å². The monoisotopic (exact) mass is 239 g/mol. The molecule has 2 bridgehead atoms. The SMILES string of the molecule is CC1CC(C)C(N2CC3CCC(C2)O3)C(O)C1. The number of aliphatic hydroxyl groups excluding tert-OH is 1. The molecule has 3 nitrogen and oxygen atoms in total. The van der Waals surface area contributed by atoms with E-state index in [1.807, 2.05) is 0 Å². The lowest BCUT2D eigenvalue weighted by molar-refractivity contribution is -0.0978. The maximum Gasteiger partial charge on any atom is 0.0707 e. The smallest absolute Gasteiger partial charge is 0.0707 e. The van der Waals surface area contributed by atoms with Crippen molar-refractivity contribution in [2.45, 2.75) is 63.9 Å². The predicted octanol–water partition coefficient (Wildman–Crippen LogP) is 1.65. The summed E-state index contributed by atoms with van der Waals surface area (Å²) < 4.78 is 5.89. The van der Waals surface area contributed by atoms with Gasteiger partial charge in [0.05, 0.1) is 18.3 Å². The fourth-order valence-electron chi connectivity index (χ4n) is 4.29. The average molecular weight is 239 g/mol. The van der Waals surface area contributed by atoms with E-state index in [2.05, 4.69) is 18.7 Å². The van der Waals surface area contributed by atoms with Crippen molar-refractivity contribution in [1.82, 2.24) is 4.90 Å². The van der Waals surface area contributed by atoms with Gasteiger partial charge in [0, 0.05) is 19.1 Å². The number of nitrogens with zero attached hydrogens (tertiary/aromatic N) is 1. The molecule has 3 rings (SSSR count). The number of hydrogen-bond acceptors (Lipinski definition) is 3. The molecule has 1 aliphatic carbocycles. The zero-order valence-electron chi connectivity index (χ0n) is 11.0. The average Bonchev–Trinajstić information content (AvgIpc) is 2.56. The lowest BCUT2D eigenvalue weighted by atomic mass is 9.77. The number of aliphatic hydroxyl groups is 1. The molecule has 3 aliphatic rings. The summed E-state index contributed by atoms with van der Waals surface area (Å²) in [4.78, 5) is 2.52. The first-order valence-corrected chi connectivity index (χ1v) is 7.21. The third-order valence-corrected chi connectivity index (χ3v) is 4.89. The molecule has 0 aromatic rings. The molecular formula is C14H25NO2. The molecule has 0 radical (unpaired) electrons. The summed E-state index contributed by atoms with van der Waals surface area (Å²) in [6, 6.07) is 0.373. The van der Waals surface area contributed by atoms with Crippen LogP contribution in [0.5, 0.6) is 0 Å². The third-order valence-electron chi connectivity index (χ3n) is 4.89. The van der Waals surface area contributed by atoms with E-state index in [0.717, 1.165) is 19.5 Å². The van der Waals surface area contributed by atoms with Gasteiger partial charge < -0.3 is 9.84 Å². The van der Waals surface area contributed by atoms with E-state index >= 15 is 0 Å². The van der Waals surface area contributed by atoms with Crippen LogP contribution >= 0.6 is 0 Å². The van der Waals surface area contributed by atoms with E-state index in [1.54, 1.807) is 0 Å². The van der Waals surface area contributed by atoms with Crippen LogP contribution in [0, 0.1) is 11.8 Å². The quantitative estimate of drug-likeness (QED) is 0.755. The Kier molecular flexibility index (Phi) is 3.18. The molecule has 0 amide bonds. The van der Waals surface area contributed by atoms with Gasteiger partial charge in [0.2, 0.25) is 0 Å². The lowest BCUT2D eigenvalue weighted by Crippen LogP contribution is -2.56. The molecule has 2 heterocycles. The topological polar surface area (TPSA) is 32.7 Å². The van der Waals surface area contributed by atoms with E-state index in [-0.39, 0.29) is 6.10 Å². The highest BCUT2D eigenvalue weighted by atomic mass is 16.5. The Morgan fingerprint density at radius 3 is 2.29 bits per heavy atom. The second-order valence-electron chi connectivity index (χ2n) is 6.52. The number of morpholine rings is 1. The minimum Gasteiger partial charge on any atom is -0.391 e. The van der Waals surface area contributed by atoms with Crippen molar-refractivity contribution in [3.63, 3.8) is 0 Å². The largest absolute Gasteiger partial charge is 0.391 e. The van der Waals surface area contributed by atoms with Gasteiger partial charge in [-0.25, -0.2) is 0 Å². The second kappa shape index (κ2) is 4.52. The Bertz CT molecular complexity index is 259. The van der Waals surface area contributed by atoms with Gasteiger partial charge in [0.1, 0.15) is 0 Å². The minimum atomic E-state index is -0.133. The molecule has 98 valence electrons. The van der Waals surface area contributed by atoms with E-state index in [4.69, 9.17) is 4.74 Å². The van der Waals surface area contributed by atoms with Gasteiger partial charge in [-0.1, -0.05) is 13.8 Å². The first-order valence-electron chi connectivity index (χ1n) is 7.21. The van der Waals surface area contributed by atoms with Crippen molar-refractivity contribution >= 4 is 0 Å². The molecule has 0 aromatic heterocycles. The summed E-state index contributed by atoms with van der Waals surface area (Å²) in [5, 5.41) is 10.4. The molecule has 6 atom stereocenters. The highest BCUT2D eigenvalue weighted by Crippen LogP contribution is 2.36. The van der Waals surface area contributed by atoms with E-state index in [9.17, 15) is 5.11 Å². The van der Waals surface area contributed by atoms with Gasteiger partial charge in [0.15, 0.2) is 0 Å². The van der Waals surface area contributed by atoms with Crippen molar-refractivity contribution in [3.8, 4) is 0 Å². The van der Waals surface area contributed by atoms with Crippen LogP contribution in [0.3, 0.4) is 0 Å². The van der Waals surface area contributed by atoms with Gasteiger partial charge in [-0.05, 0) is 37.5 Å². The van der Waals surface area contributed by atoms with E-state index in [0.29, 0.717) is 30.1 Å². The Labute approximate surface area is 104 Å². The molecule has 3 fully saturated rings. The number of hydrogen-bond donors (Lipinski definition) is 1. The molecule has 6 unspecified atom stereocenters. The van der Waals surface area contributed by atoms with Crippen molar-refractivity contribution in [2.75, 3.05) is 13.1 Å². The molecule has 1 N–H and O–H groups in total. The summed E-state index contributed by atoms with van der Waals surface area (Å²) in [5.74, 6) is 1.29. The second-order valence-corrected chi connectivity index (χ2v) is 6.52. The third kappa shape index (κ3) is 2.25. The number of likely N-dealkylation sites (tertiary alicyclic amines) is 1. The number of fused-ring (bicyclic) bond motifs is 2. The summed E-state index contributed by atoms with van der Waals surface area (Å²) in [5.41, 5.74) is 0. The Morgan fingerprint density at radius 1 is 1.06 bits per heavy atom. The Morgan fingerprint density at radius 2 is 1.71 bits per heavy atom. The fourth-order valence-corrected chi connectivity index (χ4v) is 4.29. The zero-order chi connectivity index (χ0) is 12.0. The first kappa shape index (κ1) is 11.9. The van der Waals surface area contributed by atoms with Crippen LogP contribution in [0.4, 0.5) is 0 Å². The fraction of sp³-hybridized carbons (Fsp3) is 1.00. The molecule has 17 heavy (non-hydrogen) atoms. The maximum atomic E-state index is 10.4. The molecule has 0 aromatic carbocycles. The molecule has 2 aliphatic heterocycles. The van der Waals surface area contributed by atoms with Crippen molar-refractivity contribution in [3.05, 3.63) is 0 Å². The van der Waals surface area contributed by atoms with Crippen LogP contribution in [-0.2, 0) is 4.74 Å². The highest BCUT2D eigenvalue weighted by Gasteiger charge is 2.42. The van der Waals surface area contributed by atoms with Crippen LogP contribution < -0.4 is 0 Å². The van der Waals surface area contributed by atoms with Crippen LogP contribution in [0.1, 0.15) is 39.5 Å². The molecule has 2 saturated heterocycles. The first-order chi connectivity index (χ1) is 8.13. The van der Waals surface area contributed by atoms with Crippen LogP contribution in [0.25, 0.3) is 0 Å². The van der Waals surface area contributed by atoms with Gasteiger partial charge in [-0.2, -0.15) is 0 Å². The summed E-state index contributed by atoms with van der Waals surface area (Å²) in [7, 11) is 0. The highest BCUT2D eigenvalue weighted by molar-refractivity contribution is 4.95.